The monoisotopic (exact) mass is 452 g/mol. The van der Waals surface area contributed by atoms with Gasteiger partial charge in [0.2, 0.25) is 17.7 Å². The second kappa shape index (κ2) is 12.2. The summed E-state index contributed by atoms with van der Waals surface area (Å²) in [6, 6.07) is 6.06. The molecule has 4 N–H and O–H groups in total. The van der Waals surface area contributed by atoms with Crippen molar-refractivity contribution in [3.63, 3.8) is 0 Å². The molecule has 9 nitrogen and oxygen atoms in total. The molecule has 0 bridgehead atoms. The number of rotatable bonds is 10. The largest absolute Gasteiger partial charge is 0.445 e. The molecule has 0 aromatic heterocycles. The molecule has 1 unspecified atom stereocenters. The first kappa shape index (κ1) is 26.3. The summed E-state index contributed by atoms with van der Waals surface area (Å²) in [5, 5.41) is 10.4. The van der Waals surface area contributed by atoms with Gasteiger partial charge >= 0.3 is 6.09 Å². The van der Waals surface area contributed by atoms with Crippen LogP contribution >= 0.6 is 12.6 Å². The van der Waals surface area contributed by atoms with Crippen LogP contribution in [0.5, 0.6) is 0 Å². The first-order valence-electron chi connectivity index (χ1n) is 9.94. The van der Waals surface area contributed by atoms with Crippen LogP contribution in [0.25, 0.3) is 0 Å². The third kappa shape index (κ3) is 11.3. The van der Waals surface area contributed by atoms with E-state index in [4.69, 9.17) is 4.74 Å². The molecule has 172 valence electrons. The van der Waals surface area contributed by atoms with Gasteiger partial charge in [0.1, 0.15) is 12.6 Å². The van der Waals surface area contributed by atoms with E-state index in [1.807, 2.05) is 13.8 Å². The van der Waals surface area contributed by atoms with Crippen LogP contribution in [0.1, 0.15) is 40.2 Å². The van der Waals surface area contributed by atoms with Crippen LogP contribution in [0.15, 0.2) is 24.3 Å². The van der Waals surface area contributed by atoms with E-state index in [0.717, 1.165) is 5.56 Å². The third-order valence-corrected chi connectivity index (χ3v) is 4.16. The van der Waals surface area contributed by atoms with Crippen molar-refractivity contribution in [3.8, 4) is 0 Å². The molecule has 1 atom stereocenters. The fourth-order valence-electron chi connectivity index (χ4n) is 2.41. The molecule has 1 rings (SSSR count). The minimum absolute atomic E-state index is 0.0862. The smallest absolute Gasteiger partial charge is 0.407 e. The van der Waals surface area contributed by atoms with E-state index in [2.05, 4.69) is 33.9 Å². The Morgan fingerprint density at radius 3 is 2.19 bits per heavy atom. The quantitative estimate of drug-likeness (QED) is 0.346. The maximum atomic E-state index is 12.2. The summed E-state index contributed by atoms with van der Waals surface area (Å²) in [6.07, 6.45) is -0.533. The third-order valence-electron chi connectivity index (χ3n) is 4.00. The van der Waals surface area contributed by atoms with Gasteiger partial charge in [-0.15, -0.1) is 0 Å². The summed E-state index contributed by atoms with van der Waals surface area (Å²) < 4.78 is 4.79. The van der Waals surface area contributed by atoms with Crippen molar-refractivity contribution in [1.29, 1.82) is 0 Å². The van der Waals surface area contributed by atoms with Gasteiger partial charge in [-0.1, -0.05) is 26.0 Å². The predicted molar refractivity (Wildman–Crippen MR) is 122 cm³/mol. The summed E-state index contributed by atoms with van der Waals surface area (Å²) in [4.78, 5) is 47.2. The van der Waals surface area contributed by atoms with Crippen molar-refractivity contribution in [2.45, 2.75) is 52.0 Å². The zero-order chi connectivity index (χ0) is 23.6. The number of ether oxygens (including phenoxy) is 1. The molecular formula is C21H32N4O5S. The number of nitrogens with one attached hydrogen (secondary N) is 4. The number of hydrogen-bond acceptors (Lipinski definition) is 6. The lowest BCUT2D eigenvalue weighted by Crippen LogP contribution is -2.50. The Kier molecular flexibility index (Phi) is 10.3. The number of amides is 4. The van der Waals surface area contributed by atoms with Crippen LogP contribution in [0, 0.1) is 5.92 Å². The van der Waals surface area contributed by atoms with Gasteiger partial charge in [0.15, 0.2) is 0 Å². The Bertz CT molecular complexity index is 775. The lowest BCUT2D eigenvalue weighted by molar-refractivity contribution is -0.130. The van der Waals surface area contributed by atoms with Gasteiger partial charge in [-0.3, -0.25) is 14.4 Å². The van der Waals surface area contributed by atoms with E-state index in [1.165, 1.54) is 6.92 Å². The fourth-order valence-corrected chi connectivity index (χ4v) is 2.49. The molecule has 1 aromatic carbocycles. The van der Waals surface area contributed by atoms with Crippen LogP contribution in [0.3, 0.4) is 0 Å². The number of benzene rings is 1. The molecular weight excluding hydrogens is 420 g/mol. The van der Waals surface area contributed by atoms with Crippen LogP contribution < -0.4 is 21.3 Å². The Hall–Kier alpha value is -2.75. The van der Waals surface area contributed by atoms with Crippen LogP contribution in [0.4, 0.5) is 10.5 Å². The number of carbonyl (C=O) groups is 4. The molecule has 0 fully saturated rings. The van der Waals surface area contributed by atoms with Gasteiger partial charge < -0.3 is 26.0 Å². The zero-order valence-corrected chi connectivity index (χ0v) is 19.5. The summed E-state index contributed by atoms with van der Waals surface area (Å²) in [6.45, 7) is 8.92. The average molecular weight is 453 g/mol. The van der Waals surface area contributed by atoms with E-state index in [9.17, 15) is 19.2 Å². The number of hydrogen-bond donors (Lipinski definition) is 5. The van der Waals surface area contributed by atoms with E-state index in [0.29, 0.717) is 12.2 Å². The van der Waals surface area contributed by atoms with Gasteiger partial charge in [-0.25, -0.2) is 4.79 Å². The molecule has 31 heavy (non-hydrogen) atoms. The van der Waals surface area contributed by atoms with Crippen molar-refractivity contribution in [1.82, 2.24) is 16.0 Å². The standard InChI is InChI=1S/C21H32N4O5S/c1-13(2)18(24-14(3)26)19(28)22-10-17(27)25-16-8-6-15(7-9-16)11-30-20(29)23-12-21(4,5)31/h6-9,13,18,31H,10-12H2,1-5H3,(H,22,28)(H,23,29)(H,24,26)(H,25,27). The highest BCUT2D eigenvalue weighted by molar-refractivity contribution is 7.81. The molecule has 0 spiro atoms. The number of carbonyl (C=O) groups excluding carboxylic acids is 4. The lowest BCUT2D eigenvalue weighted by Gasteiger charge is -2.20. The molecule has 0 saturated carbocycles. The normalized spacial score (nSPS) is 12.0. The highest BCUT2D eigenvalue weighted by atomic mass is 32.1. The number of anilines is 1. The first-order chi connectivity index (χ1) is 14.4. The van der Waals surface area contributed by atoms with Crippen LogP contribution in [-0.4, -0.2) is 47.7 Å². The second-order valence-electron chi connectivity index (χ2n) is 8.13. The van der Waals surface area contributed by atoms with Crippen LogP contribution in [0.2, 0.25) is 0 Å². The lowest BCUT2D eigenvalue weighted by atomic mass is 10.0. The average Bonchev–Trinajstić information content (AvgIpc) is 2.67. The molecule has 0 radical (unpaired) electrons. The second-order valence-corrected chi connectivity index (χ2v) is 9.34. The Balaban J connectivity index is 2.45. The SMILES string of the molecule is CC(=O)NC(C(=O)NCC(=O)Nc1ccc(COC(=O)NCC(C)(C)S)cc1)C(C)C. The molecule has 0 aliphatic heterocycles. The number of alkyl carbamates (subject to hydrolysis) is 1. The zero-order valence-electron chi connectivity index (χ0n) is 18.6. The molecule has 0 aliphatic rings. The van der Waals surface area contributed by atoms with Crippen molar-refractivity contribution in [3.05, 3.63) is 29.8 Å². The minimum Gasteiger partial charge on any atom is -0.445 e. The van der Waals surface area contributed by atoms with Gasteiger partial charge in [-0.2, -0.15) is 12.6 Å². The van der Waals surface area contributed by atoms with Crippen molar-refractivity contribution < 1.29 is 23.9 Å². The maximum Gasteiger partial charge on any atom is 0.407 e. The Morgan fingerprint density at radius 2 is 1.68 bits per heavy atom. The molecule has 10 heteroatoms. The maximum absolute atomic E-state index is 12.2. The number of thiol groups is 1. The van der Waals surface area contributed by atoms with Crippen LogP contribution in [-0.2, 0) is 25.7 Å². The Labute approximate surface area is 188 Å². The molecule has 0 saturated heterocycles. The van der Waals surface area contributed by atoms with E-state index < -0.39 is 23.9 Å². The van der Waals surface area contributed by atoms with Crippen molar-refractivity contribution >= 4 is 42.1 Å². The van der Waals surface area contributed by atoms with Gasteiger partial charge in [0.25, 0.3) is 0 Å². The van der Waals surface area contributed by atoms with Gasteiger partial charge in [0.05, 0.1) is 6.54 Å². The molecule has 1 aromatic rings. The predicted octanol–water partition coefficient (Wildman–Crippen LogP) is 1.84. The minimum atomic E-state index is -0.708. The molecule has 0 aliphatic carbocycles. The summed E-state index contributed by atoms with van der Waals surface area (Å²) in [7, 11) is 0. The topological polar surface area (TPSA) is 126 Å². The van der Waals surface area contributed by atoms with Gasteiger partial charge in [0, 0.05) is 23.9 Å². The summed E-state index contributed by atoms with van der Waals surface area (Å²) >= 11 is 4.32. The van der Waals surface area contributed by atoms with Gasteiger partial charge in [-0.05, 0) is 37.5 Å². The Morgan fingerprint density at radius 1 is 1.06 bits per heavy atom. The molecule has 4 amide bonds. The summed E-state index contributed by atoms with van der Waals surface area (Å²) in [5.74, 6) is -1.26. The summed E-state index contributed by atoms with van der Waals surface area (Å²) in [5.41, 5.74) is 1.29. The molecule has 0 heterocycles. The fraction of sp³-hybridized carbons (Fsp3) is 0.524. The van der Waals surface area contributed by atoms with E-state index in [-0.39, 0.29) is 29.7 Å². The van der Waals surface area contributed by atoms with Crippen molar-refractivity contribution in [2.75, 3.05) is 18.4 Å². The van der Waals surface area contributed by atoms with E-state index >= 15 is 0 Å². The highest BCUT2D eigenvalue weighted by Crippen LogP contribution is 2.11. The highest BCUT2D eigenvalue weighted by Gasteiger charge is 2.23. The van der Waals surface area contributed by atoms with E-state index in [1.54, 1.807) is 38.1 Å². The van der Waals surface area contributed by atoms with Crippen molar-refractivity contribution in [2.24, 2.45) is 5.92 Å². The first-order valence-corrected chi connectivity index (χ1v) is 10.4.